The van der Waals surface area contributed by atoms with Crippen LogP contribution in [0.4, 0.5) is 5.69 Å². The molecule has 4 heteroatoms. The summed E-state index contributed by atoms with van der Waals surface area (Å²) in [4.78, 5) is 6.71. The number of nitrogens with two attached hydrogens (primary N) is 1. The van der Waals surface area contributed by atoms with Crippen molar-refractivity contribution in [1.82, 2.24) is 4.98 Å². The molecule has 0 saturated heterocycles. The number of fused-ring (bicyclic) bond motifs is 1. The first kappa shape index (κ1) is 12.2. The van der Waals surface area contributed by atoms with Crippen molar-refractivity contribution in [3.63, 3.8) is 0 Å². The molecule has 2 N–H and O–H groups in total. The van der Waals surface area contributed by atoms with Crippen LogP contribution in [-0.2, 0) is 13.0 Å². The largest absolute Gasteiger partial charge is 0.444 e. The van der Waals surface area contributed by atoms with Crippen LogP contribution in [-0.4, -0.2) is 17.6 Å². The van der Waals surface area contributed by atoms with E-state index in [0.29, 0.717) is 6.54 Å². The van der Waals surface area contributed by atoms with E-state index in [0.717, 1.165) is 30.3 Å². The second kappa shape index (κ2) is 4.70. The summed E-state index contributed by atoms with van der Waals surface area (Å²) in [6.45, 7) is 5.44. The number of oxazole rings is 1. The van der Waals surface area contributed by atoms with E-state index in [1.807, 2.05) is 13.8 Å². The van der Waals surface area contributed by atoms with E-state index in [-0.39, 0.29) is 6.04 Å². The van der Waals surface area contributed by atoms with Gasteiger partial charge in [0.1, 0.15) is 5.76 Å². The molecule has 1 unspecified atom stereocenters. The first-order valence-electron chi connectivity index (χ1n) is 6.65. The first-order chi connectivity index (χ1) is 9.13. The Morgan fingerprint density at radius 2 is 2.16 bits per heavy atom. The summed E-state index contributed by atoms with van der Waals surface area (Å²) in [5.74, 6) is 1.66. The molecule has 100 valence electrons. The lowest BCUT2D eigenvalue weighted by molar-refractivity contribution is 0.457. The summed E-state index contributed by atoms with van der Waals surface area (Å²) in [6, 6.07) is 8.59. The van der Waals surface area contributed by atoms with Gasteiger partial charge in [0.05, 0.1) is 12.2 Å². The van der Waals surface area contributed by atoms with Crippen molar-refractivity contribution in [3.05, 3.63) is 47.2 Å². The van der Waals surface area contributed by atoms with Crippen LogP contribution in [0.2, 0.25) is 0 Å². The van der Waals surface area contributed by atoms with Gasteiger partial charge in [-0.25, -0.2) is 4.98 Å². The predicted octanol–water partition coefficient (Wildman–Crippen LogP) is 2.18. The number of aromatic nitrogens is 1. The molecule has 0 saturated carbocycles. The van der Waals surface area contributed by atoms with E-state index in [1.54, 1.807) is 0 Å². The van der Waals surface area contributed by atoms with E-state index in [4.69, 9.17) is 10.2 Å². The molecule has 0 radical (unpaired) electrons. The van der Waals surface area contributed by atoms with Crippen molar-refractivity contribution < 1.29 is 4.42 Å². The van der Waals surface area contributed by atoms with Crippen LogP contribution in [0, 0.1) is 13.8 Å². The highest BCUT2D eigenvalue weighted by Crippen LogP contribution is 2.27. The second-order valence-corrected chi connectivity index (χ2v) is 5.22. The van der Waals surface area contributed by atoms with Crippen LogP contribution in [0.3, 0.4) is 0 Å². The Morgan fingerprint density at radius 3 is 2.89 bits per heavy atom. The molecule has 0 aliphatic carbocycles. The minimum absolute atomic E-state index is 0.173. The van der Waals surface area contributed by atoms with Crippen LogP contribution < -0.4 is 10.6 Å². The van der Waals surface area contributed by atoms with Crippen molar-refractivity contribution in [3.8, 4) is 0 Å². The van der Waals surface area contributed by atoms with E-state index in [1.165, 1.54) is 11.3 Å². The third-order valence-corrected chi connectivity index (χ3v) is 3.67. The molecule has 3 rings (SSSR count). The lowest BCUT2D eigenvalue weighted by Gasteiger charge is -2.33. The van der Waals surface area contributed by atoms with Gasteiger partial charge in [-0.2, -0.15) is 0 Å². The van der Waals surface area contributed by atoms with E-state index >= 15 is 0 Å². The topological polar surface area (TPSA) is 55.3 Å². The molecule has 1 aromatic heterocycles. The molecule has 2 aromatic rings. The lowest BCUT2D eigenvalue weighted by atomic mass is 9.98. The zero-order valence-electron chi connectivity index (χ0n) is 11.4. The highest BCUT2D eigenvalue weighted by molar-refractivity contribution is 5.56. The highest BCUT2D eigenvalue weighted by Gasteiger charge is 2.23. The Kier molecular flexibility index (Phi) is 3.03. The van der Waals surface area contributed by atoms with Crippen LogP contribution >= 0.6 is 0 Å². The summed E-state index contributed by atoms with van der Waals surface area (Å²) in [6.07, 6.45) is 0.941. The van der Waals surface area contributed by atoms with Crippen molar-refractivity contribution in [2.75, 3.05) is 11.4 Å². The number of rotatable bonds is 2. The van der Waals surface area contributed by atoms with Crippen LogP contribution in [0.25, 0.3) is 0 Å². The molecule has 19 heavy (non-hydrogen) atoms. The van der Waals surface area contributed by atoms with Crippen LogP contribution in [0.15, 0.2) is 28.7 Å². The molecule has 1 atom stereocenters. The molecule has 1 aromatic carbocycles. The molecule has 1 aliphatic rings. The van der Waals surface area contributed by atoms with E-state index in [9.17, 15) is 0 Å². The van der Waals surface area contributed by atoms with Crippen LogP contribution in [0.5, 0.6) is 0 Å². The van der Waals surface area contributed by atoms with Crippen LogP contribution in [0.1, 0.15) is 22.9 Å². The summed E-state index contributed by atoms with van der Waals surface area (Å²) < 4.78 is 5.67. The highest BCUT2D eigenvalue weighted by atomic mass is 16.4. The third kappa shape index (κ3) is 2.36. The minimum Gasteiger partial charge on any atom is -0.444 e. The molecule has 4 nitrogen and oxygen atoms in total. The average molecular weight is 257 g/mol. The number of benzene rings is 1. The number of anilines is 1. The second-order valence-electron chi connectivity index (χ2n) is 5.22. The van der Waals surface area contributed by atoms with Gasteiger partial charge in [0.25, 0.3) is 0 Å². The zero-order valence-corrected chi connectivity index (χ0v) is 11.4. The Morgan fingerprint density at radius 1 is 1.37 bits per heavy atom. The SMILES string of the molecule is Cc1nc(CN2CC(N)Cc3ccccc32)oc1C. The molecule has 0 spiro atoms. The Balaban J connectivity index is 1.88. The third-order valence-electron chi connectivity index (χ3n) is 3.67. The van der Waals surface area contributed by atoms with E-state index < -0.39 is 0 Å². The summed E-state index contributed by atoms with van der Waals surface area (Å²) in [7, 11) is 0. The van der Waals surface area contributed by atoms with Gasteiger partial charge >= 0.3 is 0 Å². The fraction of sp³-hybridized carbons (Fsp3) is 0.400. The first-order valence-corrected chi connectivity index (χ1v) is 6.65. The number of hydrogen-bond donors (Lipinski definition) is 1. The maximum atomic E-state index is 6.14. The van der Waals surface area contributed by atoms with Crippen molar-refractivity contribution in [1.29, 1.82) is 0 Å². The molecular weight excluding hydrogens is 238 g/mol. The van der Waals surface area contributed by atoms with Gasteiger partial charge in [0.15, 0.2) is 0 Å². The minimum atomic E-state index is 0.173. The monoisotopic (exact) mass is 257 g/mol. The fourth-order valence-electron chi connectivity index (χ4n) is 2.64. The fourth-order valence-corrected chi connectivity index (χ4v) is 2.64. The van der Waals surface area contributed by atoms with Crippen molar-refractivity contribution >= 4 is 5.69 Å². The number of nitrogens with zero attached hydrogens (tertiary/aromatic N) is 2. The molecular formula is C15H19N3O. The quantitative estimate of drug-likeness (QED) is 0.896. The van der Waals surface area contributed by atoms with Gasteiger partial charge < -0.3 is 15.1 Å². The van der Waals surface area contributed by atoms with E-state index in [2.05, 4.69) is 34.1 Å². The Labute approximate surface area is 113 Å². The standard InChI is InChI=1S/C15H19N3O/c1-10-11(2)19-15(17-10)9-18-8-13(16)7-12-5-3-4-6-14(12)18/h3-6,13H,7-9,16H2,1-2H3. The van der Waals surface area contributed by atoms with Crippen molar-refractivity contribution in [2.24, 2.45) is 5.73 Å². The smallest absolute Gasteiger partial charge is 0.214 e. The maximum absolute atomic E-state index is 6.14. The van der Waals surface area contributed by atoms with Gasteiger partial charge in [-0.05, 0) is 31.9 Å². The molecule has 1 aliphatic heterocycles. The normalized spacial score (nSPS) is 18.5. The summed E-state index contributed by atoms with van der Waals surface area (Å²) in [5, 5.41) is 0. The lowest BCUT2D eigenvalue weighted by Crippen LogP contribution is -2.42. The molecule has 2 heterocycles. The van der Waals surface area contributed by atoms with Gasteiger partial charge in [0.2, 0.25) is 5.89 Å². The molecule has 0 fully saturated rings. The summed E-state index contributed by atoms with van der Waals surface area (Å²) >= 11 is 0. The van der Waals surface area contributed by atoms with Crippen molar-refractivity contribution in [2.45, 2.75) is 32.9 Å². The van der Waals surface area contributed by atoms with Gasteiger partial charge in [-0.15, -0.1) is 0 Å². The molecule has 0 bridgehead atoms. The molecule has 0 amide bonds. The van der Waals surface area contributed by atoms with Gasteiger partial charge in [-0.3, -0.25) is 0 Å². The number of aryl methyl sites for hydroxylation is 2. The van der Waals surface area contributed by atoms with Gasteiger partial charge in [0, 0.05) is 18.3 Å². The predicted molar refractivity (Wildman–Crippen MR) is 75.1 cm³/mol. The maximum Gasteiger partial charge on any atom is 0.214 e. The van der Waals surface area contributed by atoms with Gasteiger partial charge in [-0.1, -0.05) is 18.2 Å². The average Bonchev–Trinajstić information content (AvgIpc) is 2.68. The number of para-hydroxylation sites is 1. The zero-order chi connectivity index (χ0) is 13.4. The Bertz CT molecular complexity index is 571. The Hall–Kier alpha value is -1.81. The summed E-state index contributed by atoms with van der Waals surface area (Å²) in [5.41, 5.74) is 9.65. The number of hydrogen-bond acceptors (Lipinski definition) is 4.